The zero-order chi connectivity index (χ0) is 16.9. The smallest absolute Gasteiger partial charge is 0.338 e. The van der Waals surface area contributed by atoms with Crippen LogP contribution < -0.4 is 5.73 Å². The van der Waals surface area contributed by atoms with E-state index in [1.165, 1.54) is 12.1 Å². The van der Waals surface area contributed by atoms with Gasteiger partial charge in [0.05, 0.1) is 22.4 Å². The maximum absolute atomic E-state index is 12.6. The van der Waals surface area contributed by atoms with Crippen LogP contribution >= 0.6 is 0 Å². The Hall–Kier alpha value is -3.48. The number of carbonyl (C=O) groups excluding carboxylic acids is 2. The van der Waals surface area contributed by atoms with Crippen LogP contribution in [0, 0.1) is 0 Å². The van der Waals surface area contributed by atoms with Crippen molar-refractivity contribution in [2.75, 3.05) is 5.73 Å². The molecule has 3 rings (SSSR count). The van der Waals surface area contributed by atoms with E-state index in [2.05, 4.69) is 0 Å². The Balaban J connectivity index is 2.42. The Kier molecular flexibility index (Phi) is 3.00. The van der Waals surface area contributed by atoms with Crippen molar-refractivity contribution in [3.05, 3.63) is 63.7 Å². The minimum absolute atomic E-state index is 0.108. The van der Waals surface area contributed by atoms with Crippen LogP contribution in [0.15, 0.2) is 30.3 Å². The second-order valence-corrected chi connectivity index (χ2v) is 4.95. The third-order valence-electron chi connectivity index (χ3n) is 3.70. The first-order chi connectivity index (χ1) is 10.8. The summed E-state index contributed by atoms with van der Waals surface area (Å²) in [7, 11) is 0. The second kappa shape index (κ2) is 4.77. The first kappa shape index (κ1) is 14.5. The highest BCUT2D eigenvalue weighted by molar-refractivity contribution is 6.31. The van der Waals surface area contributed by atoms with Crippen molar-refractivity contribution in [2.24, 2.45) is 0 Å². The molecular formula is C16H9NO6. The number of aromatic carboxylic acids is 2. The van der Waals surface area contributed by atoms with Crippen molar-refractivity contribution in [1.82, 2.24) is 0 Å². The molecule has 0 saturated carbocycles. The van der Waals surface area contributed by atoms with Crippen molar-refractivity contribution < 1.29 is 29.4 Å². The molecule has 0 atom stereocenters. The van der Waals surface area contributed by atoms with E-state index in [0.29, 0.717) is 0 Å². The molecule has 0 aromatic heterocycles. The Morgan fingerprint density at radius 3 is 1.96 bits per heavy atom. The number of fused-ring (bicyclic) bond motifs is 2. The predicted octanol–water partition coefficient (Wildman–Crippen LogP) is 1.44. The average Bonchev–Trinajstić information content (AvgIpc) is 2.51. The van der Waals surface area contributed by atoms with E-state index in [1.807, 2.05) is 0 Å². The van der Waals surface area contributed by atoms with Gasteiger partial charge in [-0.1, -0.05) is 24.3 Å². The Morgan fingerprint density at radius 1 is 0.870 bits per heavy atom. The van der Waals surface area contributed by atoms with Crippen LogP contribution in [0.25, 0.3) is 0 Å². The summed E-state index contributed by atoms with van der Waals surface area (Å²) in [6.07, 6.45) is 0. The van der Waals surface area contributed by atoms with Crippen molar-refractivity contribution >= 4 is 29.2 Å². The van der Waals surface area contributed by atoms with Crippen molar-refractivity contribution in [3.63, 3.8) is 0 Å². The van der Waals surface area contributed by atoms with Gasteiger partial charge in [-0.25, -0.2) is 9.59 Å². The van der Waals surface area contributed by atoms with Crippen molar-refractivity contribution in [2.45, 2.75) is 0 Å². The van der Waals surface area contributed by atoms with Gasteiger partial charge < -0.3 is 15.9 Å². The highest BCUT2D eigenvalue weighted by Gasteiger charge is 2.35. The van der Waals surface area contributed by atoms with Crippen LogP contribution in [-0.2, 0) is 0 Å². The third kappa shape index (κ3) is 1.90. The molecule has 0 spiro atoms. The summed E-state index contributed by atoms with van der Waals surface area (Å²) in [4.78, 5) is 47.7. The molecule has 4 N–H and O–H groups in total. The lowest BCUT2D eigenvalue weighted by Crippen LogP contribution is -2.25. The normalized spacial score (nSPS) is 12.5. The summed E-state index contributed by atoms with van der Waals surface area (Å²) in [5.41, 5.74) is 3.66. The van der Waals surface area contributed by atoms with E-state index in [1.54, 1.807) is 12.1 Å². The highest BCUT2D eigenvalue weighted by Crippen LogP contribution is 2.34. The van der Waals surface area contributed by atoms with Gasteiger partial charge in [-0.15, -0.1) is 0 Å². The topological polar surface area (TPSA) is 135 Å². The largest absolute Gasteiger partial charge is 0.478 e. The quantitative estimate of drug-likeness (QED) is 0.609. The number of benzene rings is 2. The van der Waals surface area contributed by atoms with E-state index in [4.69, 9.17) is 5.73 Å². The average molecular weight is 311 g/mol. The van der Waals surface area contributed by atoms with Gasteiger partial charge in [-0.05, 0) is 6.07 Å². The molecule has 0 aliphatic heterocycles. The standard InChI is InChI=1S/C16H9NO6/c17-12-10-8(5-9(15(20)21)11(12)16(22)23)13(18)6-3-1-2-4-7(6)14(10)19/h1-5H,17H2,(H,20,21)(H,22,23). The molecular weight excluding hydrogens is 302 g/mol. The molecule has 0 heterocycles. The number of nitrogen functional groups attached to an aromatic ring is 1. The first-order valence-electron chi connectivity index (χ1n) is 6.46. The molecule has 7 heteroatoms. The molecule has 23 heavy (non-hydrogen) atoms. The molecule has 2 aromatic carbocycles. The van der Waals surface area contributed by atoms with E-state index >= 15 is 0 Å². The van der Waals surface area contributed by atoms with Crippen LogP contribution in [0.5, 0.6) is 0 Å². The van der Waals surface area contributed by atoms with Crippen molar-refractivity contribution in [1.29, 1.82) is 0 Å². The summed E-state index contributed by atoms with van der Waals surface area (Å²) in [6, 6.07) is 6.91. The zero-order valence-corrected chi connectivity index (χ0v) is 11.5. The fraction of sp³-hybridized carbons (Fsp3) is 0. The van der Waals surface area contributed by atoms with Gasteiger partial charge in [0.25, 0.3) is 0 Å². The summed E-state index contributed by atoms with van der Waals surface area (Å²) in [5, 5.41) is 18.4. The number of carboxylic acid groups (broad SMARTS) is 2. The minimum atomic E-state index is -1.58. The number of hydrogen-bond acceptors (Lipinski definition) is 5. The third-order valence-corrected chi connectivity index (χ3v) is 3.70. The van der Waals surface area contributed by atoms with Crippen LogP contribution in [0.4, 0.5) is 5.69 Å². The molecule has 0 saturated heterocycles. The number of hydrogen-bond donors (Lipinski definition) is 3. The summed E-state index contributed by atoms with van der Waals surface area (Å²) in [5.74, 6) is -4.30. The van der Waals surface area contributed by atoms with E-state index in [-0.39, 0.29) is 22.3 Å². The molecule has 0 fully saturated rings. The highest BCUT2D eigenvalue weighted by atomic mass is 16.4. The van der Waals surface area contributed by atoms with Gasteiger partial charge in [0.2, 0.25) is 0 Å². The number of carboxylic acids is 2. The fourth-order valence-corrected chi connectivity index (χ4v) is 2.69. The molecule has 0 unspecified atom stereocenters. The van der Waals surface area contributed by atoms with Crippen LogP contribution in [0.2, 0.25) is 0 Å². The van der Waals surface area contributed by atoms with Gasteiger partial charge in [-0.3, -0.25) is 9.59 Å². The number of rotatable bonds is 2. The predicted molar refractivity (Wildman–Crippen MR) is 78.1 cm³/mol. The lowest BCUT2D eigenvalue weighted by molar-refractivity contribution is 0.0652. The van der Waals surface area contributed by atoms with Crippen molar-refractivity contribution in [3.8, 4) is 0 Å². The summed E-state index contributed by atoms with van der Waals surface area (Å²) >= 11 is 0. The van der Waals surface area contributed by atoms with E-state index in [0.717, 1.165) is 6.07 Å². The number of carbonyl (C=O) groups is 4. The van der Waals surface area contributed by atoms with Gasteiger partial charge in [0.15, 0.2) is 11.6 Å². The lowest BCUT2D eigenvalue weighted by Gasteiger charge is -2.20. The minimum Gasteiger partial charge on any atom is -0.478 e. The van der Waals surface area contributed by atoms with E-state index in [9.17, 15) is 29.4 Å². The van der Waals surface area contributed by atoms with Gasteiger partial charge >= 0.3 is 11.9 Å². The lowest BCUT2D eigenvalue weighted by atomic mass is 9.81. The Bertz CT molecular complexity index is 928. The van der Waals surface area contributed by atoms with E-state index < -0.39 is 40.3 Å². The number of ketones is 2. The van der Waals surface area contributed by atoms with Crippen LogP contribution in [-0.4, -0.2) is 33.7 Å². The monoisotopic (exact) mass is 311 g/mol. The Morgan fingerprint density at radius 2 is 1.43 bits per heavy atom. The molecule has 0 radical (unpaired) electrons. The van der Waals surface area contributed by atoms with Gasteiger partial charge in [0.1, 0.15) is 0 Å². The van der Waals surface area contributed by atoms with Gasteiger partial charge in [-0.2, -0.15) is 0 Å². The summed E-state index contributed by atoms with van der Waals surface area (Å²) in [6.45, 7) is 0. The summed E-state index contributed by atoms with van der Waals surface area (Å²) < 4.78 is 0. The first-order valence-corrected chi connectivity index (χ1v) is 6.46. The molecule has 0 bridgehead atoms. The molecule has 114 valence electrons. The number of anilines is 1. The SMILES string of the molecule is Nc1c(C(=O)O)c(C(=O)O)cc2c1C(=O)c1ccccc1C2=O. The van der Waals surface area contributed by atoms with Crippen LogP contribution in [0.3, 0.4) is 0 Å². The fourth-order valence-electron chi connectivity index (χ4n) is 2.69. The van der Waals surface area contributed by atoms with Crippen LogP contribution in [0.1, 0.15) is 52.6 Å². The van der Waals surface area contributed by atoms with Gasteiger partial charge in [0, 0.05) is 16.7 Å². The molecule has 1 aliphatic carbocycles. The molecule has 7 nitrogen and oxygen atoms in total. The maximum Gasteiger partial charge on any atom is 0.338 e. The maximum atomic E-state index is 12.6. The number of nitrogens with two attached hydrogens (primary N) is 1. The Labute approximate surface area is 129 Å². The molecule has 1 aliphatic rings. The second-order valence-electron chi connectivity index (χ2n) is 4.95. The molecule has 2 aromatic rings. The zero-order valence-electron chi connectivity index (χ0n) is 11.5. The molecule has 0 amide bonds.